The van der Waals surface area contributed by atoms with Crippen molar-refractivity contribution in [2.75, 3.05) is 13.2 Å². The molecule has 154 valence electrons. The summed E-state index contributed by atoms with van der Waals surface area (Å²) in [5.41, 5.74) is 0.231. The third-order valence-electron chi connectivity index (χ3n) is 6.64. The predicted molar refractivity (Wildman–Crippen MR) is 110 cm³/mol. The van der Waals surface area contributed by atoms with Gasteiger partial charge < -0.3 is 18.8 Å². The maximum Gasteiger partial charge on any atom is 0.487 e. The molecule has 0 unspecified atom stereocenters. The van der Waals surface area contributed by atoms with Gasteiger partial charge >= 0.3 is 13.2 Å². The van der Waals surface area contributed by atoms with Crippen molar-refractivity contribution in [1.82, 2.24) is 4.90 Å². The average molecular weight is 397 g/mol. The lowest BCUT2D eigenvalue weighted by molar-refractivity contribution is 0.00578. The predicted octanol–water partition coefficient (Wildman–Crippen LogP) is 4.32. The van der Waals surface area contributed by atoms with Crippen LogP contribution in [-0.4, -0.2) is 61.9 Å². The van der Waals surface area contributed by atoms with Crippen molar-refractivity contribution in [1.29, 1.82) is 0 Å². The van der Waals surface area contributed by atoms with Gasteiger partial charge in [-0.3, -0.25) is 4.90 Å². The highest BCUT2D eigenvalue weighted by molar-refractivity contribution is 6.74. The molecule has 6 nitrogen and oxygen atoms in total. The Morgan fingerprint density at radius 2 is 1.81 bits per heavy atom. The molecule has 1 N–H and O–H groups in total. The Morgan fingerprint density at radius 1 is 1.30 bits per heavy atom. The van der Waals surface area contributed by atoms with Crippen LogP contribution in [0.5, 0.6) is 0 Å². The van der Waals surface area contributed by atoms with E-state index in [1.165, 1.54) is 4.90 Å². The molecule has 0 saturated carbocycles. The van der Waals surface area contributed by atoms with E-state index in [1.54, 1.807) is 0 Å². The van der Waals surface area contributed by atoms with Crippen molar-refractivity contribution in [3.05, 3.63) is 11.5 Å². The smallest absolute Gasteiger partial charge is 0.465 e. The van der Waals surface area contributed by atoms with Crippen LogP contribution in [0, 0.1) is 0 Å². The van der Waals surface area contributed by atoms with Crippen molar-refractivity contribution >= 4 is 21.5 Å². The molecule has 2 aliphatic heterocycles. The molecule has 0 radical (unpaired) electrons. The molecule has 0 aromatic heterocycles. The molecule has 0 spiro atoms. The zero-order valence-electron chi connectivity index (χ0n) is 18.4. The highest BCUT2D eigenvalue weighted by atomic mass is 28.4. The number of nitrogens with zero attached hydrogens (tertiary/aromatic N) is 1. The molecular weight excluding hydrogens is 361 g/mol. The Balaban J connectivity index is 2.08. The zero-order chi connectivity index (χ0) is 20.8. The van der Waals surface area contributed by atoms with E-state index in [-0.39, 0.29) is 11.1 Å². The summed E-state index contributed by atoms with van der Waals surface area (Å²) >= 11 is 0. The Bertz CT molecular complexity index is 596. The van der Waals surface area contributed by atoms with Crippen LogP contribution in [-0.2, 0) is 13.7 Å². The normalized spacial score (nSPS) is 26.9. The topological polar surface area (TPSA) is 68.2 Å². The SMILES string of the molecule is CC1(C)OB(C=C2C[C@@H](CO[Si](C)(C)C(C)(C)C)N(C(=O)O)C2)OC1(C)C. The van der Waals surface area contributed by atoms with Gasteiger partial charge in [-0.15, -0.1) is 0 Å². The molecule has 27 heavy (non-hydrogen) atoms. The number of amides is 1. The summed E-state index contributed by atoms with van der Waals surface area (Å²) in [5, 5.41) is 9.71. The van der Waals surface area contributed by atoms with Gasteiger partial charge in [-0.25, -0.2) is 4.79 Å². The van der Waals surface area contributed by atoms with Crippen LogP contribution in [0.15, 0.2) is 11.5 Å². The van der Waals surface area contributed by atoms with Gasteiger partial charge in [0.15, 0.2) is 8.32 Å². The molecule has 0 aromatic carbocycles. The number of hydrogen-bond acceptors (Lipinski definition) is 4. The molecule has 8 heteroatoms. The van der Waals surface area contributed by atoms with Crippen molar-refractivity contribution in [2.45, 2.75) is 90.3 Å². The molecule has 1 amide bonds. The molecule has 2 saturated heterocycles. The monoisotopic (exact) mass is 397 g/mol. The van der Waals surface area contributed by atoms with E-state index in [9.17, 15) is 9.90 Å². The molecule has 0 aliphatic carbocycles. The average Bonchev–Trinajstić information content (AvgIpc) is 2.94. The number of likely N-dealkylation sites (tertiary alicyclic amines) is 1. The summed E-state index contributed by atoms with van der Waals surface area (Å²) in [7, 11) is -2.36. The fraction of sp³-hybridized carbons (Fsp3) is 0.842. The van der Waals surface area contributed by atoms with Gasteiger partial charge in [0.1, 0.15) is 0 Å². The molecule has 2 heterocycles. The van der Waals surface area contributed by atoms with Crippen LogP contribution >= 0.6 is 0 Å². The lowest BCUT2D eigenvalue weighted by Crippen LogP contribution is -2.45. The standard InChI is InChI=1S/C19H36BNO5Si/c1-17(2,3)27(8,9)24-13-15-10-14(12-21(15)16(22)23)11-20-25-18(4,5)19(6,7)26-20/h11,15H,10,12-13H2,1-9H3,(H,22,23)/t15-/m0/s1. The minimum Gasteiger partial charge on any atom is -0.465 e. The summed E-state index contributed by atoms with van der Waals surface area (Å²) < 4.78 is 18.3. The summed E-state index contributed by atoms with van der Waals surface area (Å²) in [6.07, 6.45) is -0.249. The van der Waals surface area contributed by atoms with E-state index in [0.29, 0.717) is 19.6 Å². The summed E-state index contributed by atoms with van der Waals surface area (Å²) in [6, 6.07) is -0.162. The zero-order valence-corrected chi connectivity index (χ0v) is 19.4. The molecule has 1 atom stereocenters. The number of carboxylic acid groups (broad SMARTS) is 1. The summed E-state index contributed by atoms with van der Waals surface area (Å²) in [5.74, 6) is 1.94. The van der Waals surface area contributed by atoms with Gasteiger partial charge in [0.05, 0.1) is 23.9 Å². The van der Waals surface area contributed by atoms with Crippen molar-refractivity contribution in [3.63, 3.8) is 0 Å². The molecule has 2 aliphatic rings. The Labute approximate surface area is 165 Å². The fourth-order valence-electron chi connectivity index (χ4n) is 2.99. The second-order valence-electron chi connectivity index (χ2n) is 10.3. The maximum atomic E-state index is 11.7. The van der Waals surface area contributed by atoms with Crippen molar-refractivity contribution < 1.29 is 23.6 Å². The van der Waals surface area contributed by atoms with E-state index in [4.69, 9.17) is 13.7 Å². The largest absolute Gasteiger partial charge is 0.487 e. The summed E-state index contributed by atoms with van der Waals surface area (Å²) in [4.78, 5) is 13.2. The van der Waals surface area contributed by atoms with E-state index < -0.39 is 32.7 Å². The third-order valence-corrected chi connectivity index (χ3v) is 11.1. The Hall–Kier alpha value is -0.828. The first kappa shape index (κ1) is 22.5. The minimum absolute atomic E-state index is 0.0982. The molecule has 2 fully saturated rings. The second-order valence-corrected chi connectivity index (χ2v) is 15.1. The molecule has 2 rings (SSSR count). The van der Waals surface area contributed by atoms with Crippen molar-refractivity contribution in [3.8, 4) is 0 Å². The first-order valence-corrected chi connectivity index (χ1v) is 12.7. The van der Waals surface area contributed by atoms with Crippen LogP contribution in [0.4, 0.5) is 4.79 Å². The van der Waals surface area contributed by atoms with E-state index in [1.807, 2.05) is 33.7 Å². The van der Waals surface area contributed by atoms with E-state index in [2.05, 4.69) is 33.9 Å². The Kier molecular flexibility index (Phi) is 6.00. The van der Waals surface area contributed by atoms with E-state index in [0.717, 1.165) is 5.57 Å². The summed E-state index contributed by atoms with van der Waals surface area (Å²) in [6.45, 7) is 19.8. The maximum absolute atomic E-state index is 11.7. The molecular formula is C19H36BNO5Si. The van der Waals surface area contributed by atoms with Gasteiger partial charge in [-0.1, -0.05) is 32.3 Å². The molecule has 0 aromatic rings. The van der Waals surface area contributed by atoms with Crippen LogP contribution in [0.2, 0.25) is 18.1 Å². The molecule has 0 bridgehead atoms. The van der Waals surface area contributed by atoms with Gasteiger partial charge in [0.2, 0.25) is 0 Å². The lowest BCUT2D eigenvalue weighted by Gasteiger charge is -2.37. The lowest BCUT2D eigenvalue weighted by atomic mass is 9.86. The van der Waals surface area contributed by atoms with Gasteiger partial charge in [-0.05, 0) is 52.2 Å². The minimum atomic E-state index is -1.92. The van der Waals surface area contributed by atoms with Crippen LogP contribution in [0.3, 0.4) is 0 Å². The van der Waals surface area contributed by atoms with Crippen LogP contribution in [0.1, 0.15) is 54.9 Å². The number of hydrogen-bond donors (Lipinski definition) is 1. The van der Waals surface area contributed by atoms with Crippen molar-refractivity contribution in [2.24, 2.45) is 0 Å². The third kappa shape index (κ3) is 4.78. The second kappa shape index (κ2) is 7.21. The quantitative estimate of drug-likeness (QED) is 0.716. The first-order chi connectivity index (χ1) is 12.1. The van der Waals surface area contributed by atoms with Gasteiger partial charge in [0, 0.05) is 6.54 Å². The Morgan fingerprint density at radius 3 is 2.26 bits per heavy atom. The highest BCUT2D eigenvalue weighted by Gasteiger charge is 2.50. The van der Waals surface area contributed by atoms with Gasteiger partial charge in [-0.2, -0.15) is 0 Å². The first-order valence-electron chi connectivity index (χ1n) is 9.74. The fourth-order valence-corrected chi connectivity index (χ4v) is 4.03. The van der Waals surface area contributed by atoms with Crippen LogP contribution in [0.25, 0.3) is 0 Å². The van der Waals surface area contributed by atoms with Crippen LogP contribution < -0.4 is 0 Å². The van der Waals surface area contributed by atoms with Gasteiger partial charge in [0.25, 0.3) is 0 Å². The number of rotatable bonds is 4. The van der Waals surface area contributed by atoms with E-state index >= 15 is 0 Å². The number of carbonyl (C=O) groups is 1. The highest BCUT2D eigenvalue weighted by Crippen LogP contribution is 2.39.